The summed E-state index contributed by atoms with van der Waals surface area (Å²) >= 11 is 6.77. The zero-order chi connectivity index (χ0) is 23.8. The Morgan fingerprint density at radius 2 is 1.70 bits per heavy atom. The summed E-state index contributed by atoms with van der Waals surface area (Å²) in [6.07, 6.45) is -0.367. The monoisotopic (exact) mass is 573 g/mol. The fourth-order valence-corrected chi connectivity index (χ4v) is 4.77. The first-order chi connectivity index (χ1) is 15.8. The van der Waals surface area contributed by atoms with Gasteiger partial charge in [-0.1, -0.05) is 50.1 Å². The van der Waals surface area contributed by atoms with E-state index in [2.05, 4.69) is 31.9 Å². The molecule has 1 N–H and O–H groups in total. The van der Waals surface area contributed by atoms with Crippen LogP contribution in [0.4, 0.5) is 5.69 Å². The summed E-state index contributed by atoms with van der Waals surface area (Å²) in [6, 6.07) is 17.5. The number of hydrogen-bond donors (Lipinski definition) is 1. The Bertz CT molecular complexity index is 1250. The van der Waals surface area contributed by atoms with Gasteiger partial charge in [-0.3, -0.25) is 9.59 Å². The summed E-state index contributed by atoms with van der Waals surface area (Å²) in [7, 11) is 3.10. The molecule has 0 bridgehead atoms. The summed E-state index contributed by atoms with van der Waals surface area (Å²) in [5, 5.41) is 11.6. The van der Waals surface area contributed by atoms with Crippen molar-refractivity contribution in [2.45, 2.75) is 18.6 Å². The molecular weight excluding hydrogens is 554 g/mol. The molecule has 0 saturated heterocycles. The number of benzene rings is 3. The summed E-state index contributed by atoms with van der Waals surface area (Å²) in [5.74, 6) is 0.243. The van der Waals surface area contributed by atoms with E-state index >= 15 is 0 Å². The number of anilines is 1. The molecule has 0 spiro atoms. The van der Waals surface area contributed by atoms with E-state index in [0.29, 0.717) is 32.8 Å². The van der Waals surface area contributed by atoms with Crippen molar-refractivity contribution in [3.63, 3.8) is 0 Å². The lowest BCUT2D eigenvalue weighted by Gasteiger charge is -2.23. The number of hydrogen-bond acceptors (Lipinski definition) is 5. The Labute approximate surface area is 208 Å². The van der Waals surface area contributed by atoms with E-state index in [4.69, 9.17) is 9.47 Å². The molecular formula is C25H21Br2NO5. The molecule has 0 aliphatic carbocycles. The third-order valence-electron chi connectivity index (χ3n) is 5.65. The number of methoxy groups -OCH3 is 2. The molecule has 0 aromatic heterocycles. The molecule has 0 radical (unpaired) electrons. The summed E-state index contributed by atoms with van der Waals surface area (Å²) in [4.78, 5) is 28.1. The molecule has 33 heavy (non-hydrogen) atoms. The molecule has 1 aliphatic rings. The second-order valence-corrected chi connectivity index (χ2v) is 9.54. The van der Waals surface area contributed by atoms with Gasteiger partial charge in [0.15, 0.2) is 22.9 Å². The summed E-state index contributed by atoms with van der Waals surface area (Å²) in [5.41, 5.74) is 0.181. The van der Waals surface area contributed by atoms with E-state index in [1.807, 2.05) is 12.1 Å². The van der Waals surface area contributed by atoms with Crippen LogP contribution >= 0.6 is 31.9 Å². The van der Waals surface area contributed by atoms with Crippen LogP contribution in [-0.4, -0.2) is 31.0 Å². The molecule has 1 heterocycles. The second-order valence-electron chi connectivity index (χ2n) is 7.71. The van der Waals surface area contributed by atoms with Gasteiger partial charge in [-0.25, -0.2) is 0 Å². The number of carbonyl (C=O) groups excluding carboxylic acids is 2. The number of halogens is 2. The van der Waals surface area contributed by atoms with Crippen molar-refractivity contribution in [2.75, 3.05) is 19.1 Å². The van der Waals surface area contributed by atoms with Gasteiger partial charge in [0.1, 0.15) is 0 Å². The molecule has 6 nitrogen and oxygen atoms in total. The largest absolute Gasteiger partial charge is 0.493 e. The predicted octanol–water partition coefficient (Wildman–Crippen LogP) is 5.24. The van der Waals surface area contributed by atoms with Crippen LogP contribution in [0.3, 0.4) is 0 Å². The molecule has 3 aromatic rings. The molecule has 1 unspecified atom stereocenters. The topological polar surface area (TPSA) is 76.1 Å². The molecule has 1 amide bonds. The number of ether oxygens (including phenoxy) is 2. The van der Waals surface area contributed by atoms with Crippen molar-refractivity contribution >= 4 is 49.2 Å². The van der Waals surface area contributed by atoms with E-state index < -0.39 is 11.5 Å². The van der Waals surface area contributed by atoms with E-state index in [1.165, 1.54) is 4.90 Å². The van der Waals surface area contributed by atoms with E-state index in [1.54, 1.807) is 62.8 Å². The highest BCUT2D eigenvalue weighted by molar-refractivity contribution is 9.10. The molecule has 4 rings (SSSR count). The fraction of sp³-hybridized carbons (Fsp3) is 0.200. The second kappa shape index (κ2) is 9.29. The van der Waals surface area contributed by atoms with Crippen LogP contribution in [-0.2, 0) is 16.9 Å². The molecule has 3 aromatic carbocycles. The fourth-order valence-electron chi connectivity index (χ4n) is 4.01. The lowest BCUT2D eigenvalue weighted by atomic mass is 9.88. The molecule has 1 atom stereocenters. The van der Waals surface area contributed by atoms with Crippen LogP contribution in [0.25, 0.3) is 0 Å². The van der Waals surface area contributed by atoms with Crippen LogP contribution in [0.5, 0.6) is 11.5 Å². The minimum absolute atomic E-state index is 0.196. The first-order valence-electron chi connectivity index (χ1n) is 10.1. The lowest BCUT2D eigenvalue weighted by Crippen LogP contribution is -2.41. The number of nitrogens with zero attached hydrogens (tertiary/aromatic N) is 1. The Balaban J connectivity index is 1.70. The minimum atomic E-state index is -1.98. The Morgan fingerprint density at radius 1 is 0.970 bits per heavy atom. The maximum atomic E-state index is 13.6. The van der Waals surface area contributed by atoms with Gasteiger partial charge in [0.05, 0.1) is 32.9 Å². The number of Topliss-reactive ketones (excluding diaryl/α,β-unsaturated/α-hetero) is 1. The number of carbonyl (C=O) groups is 2. The Hall–Kier alpha value is -2.68. The van der Waals surface area contributed by atoms with Crippen molar-refractivity contribution < 1.29 is 24.2 Å². The van der Waals surface area contributed by atoms with Gasteiger partial charge >= 0.3 is 0 Å². The molecule has 8 heteroatoms. The minimum Gasteiger partial charge on any atom is -0.493 e. The highest BCUT2D eigenvalue weighted by Gasteiger charge is 2.51. The SMILES string of the molecule is COc1ccc(CN2C(=O)C(O)(CC(=O)c3cccc(Br)c3)c3cc(Br)ccc32)cc1OC. The highest BCUT2D eigenvalue weighted by atomic mass is 79.9. The van der Waals surface area contributed by atoms with Crippen molar-refractivity contribution in [1.82, 2.24) is 0 Å². The first kappa shape index (κ1) is 23.5. The van der Waals surface area contributed by atoms with Gasteiger partial charge in [-0.2, -0.15) is 0 Å². The third-order valence-corrected chi connectivity index (χ3v) is 6.63. The number of rotatable bonds is 7. The summed E-state index contributed by atoms with van der Waals surface area (Å²) in [6.45, 7) is 0.196. The van der Waals surface area contributed by atoms with Gasteiger partial charge in [0, 0.05) is 20.1 Å². The molecule has 0 saturated carbocycles. The zero-order valence-corrected chi connectivity index (χ0v) is 21.1. The average Bonchev–Trinajstić information content (AvgIpc) is 3.00. The van der Waals surface area contributed by atoms with E-state index in [0.717, 1.165) is 10.0 Å². The number of ketones is 1. The number of fused-ring (bicyclic) bond motifs is 1. The smallest absolute Gasteiger partial charge is 0.264 e. The van der Waals surface area contributed by atoms with Crippen LogP contribution in [0.15, 0.2) is 69.6 Å². The maximum absolute atomic E-state index is 13.6. The molecule has 170 valence electrons. The van der Waals surface area contributed by atoms with Gasteiger partial charge in [-0.05, 0) is 48.0 Å². The standard InChI is InChI=1S/C25H21Br2NO5/c1-32-22-9-6-15(10-23(22)33-2)14-28-20-8-7-18(27)12-19(20)25(31,24(28)30)13-21(29)16-4-3-5-17(26)11-16/h3-12,31H,13-14H2,1-2H3. The number of aliphatic hydroxyl groups is 1. The quantitative estimate of drug-likeness (QED) is 0.391. The molecule has 0 fully saturated rings. The predicted molar refractivity (Wildman–Crippen MR) is 132 cm³/mol. The van der Waals surface area contributed by atoms with Crippen LogP contribution in [0, 0.1) is 0 Å². The first-order valence-corrected chi connectivity index (χ1v) is 11.7. The molecule has 1 aliphatic heterocycles. The third kappa shape index (κ3) is 4.43. The van der Waals surface area contributed by atoms with Crippen molar-refractivity contribution in [2.24, 2.45) is 0 Å². The Kier molecular flexibility index (Phi) is 6.61. The van der Waals surface area contributed by atoms with Crippen molar-refractivity contribution in [1.29, 1.82) is 0 Å². The van der Waals surface area contributed by atoms with Crippen molar-refractivity contribution in [3.8, 4) is 11.5 Å². The normalized spacial score (nSPS) is 17.1. The van der Waals surface area contributed by atoms with Gasteiger partial charge in [0.25, 0.3) is 5.91 Å². The average molecular weight is 575 g/mol. The Morgan fingerprint density at radius 3 is 2.39 bits per heavy atom. The van der Waals surface area contributed by atoms with Crippen LogP contribution < -0.4 is 14.4 Å². The highest BCUT2D eigenvalue weighted by Crippen LogP contribution is 2.45. The summed E-state index contributed by atoms with van der Waals surface area (Å²) < 4.78 is 12.1. The maximum Gasteiger partial charge on any atom is 0.264 e. The van der Waals surface area contributed by atoms with Crippen LogP contribution in [0.2, 0.25) is 0 Å². The van der Waals surface area contributed by atoms with Gasteiger partial charge in [0.2, 0.25) is 0 Å². The van der Waals surface area contributed by atoms with Crippen molar-refractivity contribution in [3.05, 3.63) is 86.3 Å². The van der Waals surface area contributed by atoms with Gasteiger partial charge < -0.3 is 19.5 Å². The van der Waals surface area contributed by atoms with E-state index in [-0.39, 0.29) is 18.7 Å². The lowest BCUT2D eigenvalue weighted by molar-refractivity contribution is -0.136. The number of amides is 1. The zero-order valence-electron chi connectivity index (χ0n) is 18.0. The van der Waals surface area contributed by atoms with E-state index in [9.17, 15) is 14.7 Å². The van der Waals surface area contributed by atoms with Gasteiger partial charge in [-0.15, -0.1) is 0 Å². The van der Waals surface area contributed by atoms with Crippen LogP contribution in [0.1, 0.15) is 27.9 Å².